The van der Waals surface area contributed by atoms with Gasteiger partial charge in [0.1, 0.15) is 0 Å². The van der Waals surface area contributed by atoms with Gasteiger partial charge < -0.3 is 0 Å². The second kappa shape index (κ2) is 6.51. The van der Waals surface area contributed by atoms with Gasteiger partial charge in [-0.15, -0.1) is 0 Å². The maximum Gasteiger partial charge on any atom is 0.182 e. The molecule has 0 saturated heterocycles. The maximum atomic E-state index is 3.76. The number of hydrogen-bond donors (Lipinski definition) is 0. The zero-order valence-corrected chi connectivity index (χ0v) is 22.3. The first-order chi connectivity index (χ1) is 14.0. The van der Waals surface area contributed by atoms with Crippen LogP contribution in [0, 0.1) is 0 Å². The number of hydrogen-bond acceptors (Lipinski definition) is 0. The fourth-order valence-electron chi connectivity index (χ4n) is 5.12. The highest BCUT2D eigenvalue weighted by Crippen LogP contribution is 2.38. The van der Waals surface area contributed by atoms with E-state index in [-0.39, 0.29) is 0 Å². The summed E-state index contributed by atoms with van der Waals surface area (Å²) in [4.78, 5) is 0. The predicted molar refractivity (Wildman–Crippen MR) is 139 cm³/mol. The molecule has 2 aliphatic rings. The summed E-state index contributed by atoms with van der Waals surface area (Å²) < 4.78 is 4.54. The third kappa shape index (κ3) is 2.45. The molecule has 2 heterocycles. The van der Waals surface area contributed by atoms with Crippen molar-refractivity contribution in [3.63, 3.8) is 0 Å². The largest absolute Gasteiger partial charge is 0.182 e. The van der Waals surface area contributed by atoms with Crippen LogP contribution >= 0.6 is 63.7 Å². The predicted octanol–water partition coefficient (Wildman–Crippen LogP) is 6.07. The van der Waals surface area contributed by atoms with Crippen molar-refractivity contribution >= 4 is 92.5 Å². The Morgan fingerprint density at radius 1 is 0.379 bits per heavy atom. The van der Waals surface area contributed by atoms with Gasteiger partial charge in [0.15, 0.2) is 8.07 Å². The van der Waals surface area contributed by atoms with Crippen molar-refractivity contribution in [2.24, 2.45) is 0 Å². The topological polar surface area (TPSA) is 0 Å². The van der Waals surface area contributed by atoms with Gasteiger partial charge in [-0.3, -0.25) is 0 Å². The molecule has 0 N–H and O–H groups in total. The van der Waals surface area contributed by atoms with Gasteiger partial charge >= 0.3 is 0 Å². The number of halogens is 4. The Hall–Kier alpha value is -0.983. The summed E-state index contributed by atoms with van der Waals surface area (Å²) in [5.74, 6) is 0. The van der Waals surface area contributed by atoms with E-state index < -0.39 is 8.07 Å². The summed E-state index contributed by atoms with van der Waals surface area (Å²) in [6, 6.07) is 27.2. The summed E-state index contributed by atoms with van der Waals surface area (Å²) in [6.45, 7) is 0. The van der Waals surface area contributed by atoms with E-state index in [0.29, 0.717) is 0 Å². The monoisotopic (exact) mass is 644 g/mol. The zero-order valence-electron chi connectivity index (χ0n) is 14.9. The first-order valence-corrected chi connectivity index (χ1v) is 14.4. The molecule has 0 unspecified atom stereocenters. The molecule has 0 nitrogen and oxygen atoms in total. The van der Waals surface area contributed by atoms with Gasteiger partial charge in [0.25, 0.3) is 0 Å². The normalized spacial score (nSPS) is 14.5. The number of benzene rings is 4. The molecule has 4 aromatic carbocycles. The van der Waals surface area contributed by atoms with Gasteiger partial charge in [-0.2, -0.15) is 0 Å². The fourth-order valence-corrected chi connectivity index (χ4v) is 13.1. The lowest BCUT2D eigenvalue weighted by molar-refractivity contribution is 1.65. The van der Waals surface area contributed by atoms with E-state index in [0.717, 1.165) is 17.9 Å². The van der Waals surface area contributed by atoms with Gasteiger partial charge in [0, 0.05) is 17.9 Å². The highest BCUT2D eigenvalue weighted by Gasteiger charge is 2.54. The fraction of sp³-hybridized carbons (Fsp3) is 0. The summed E-state index contributed by atoms with van der Waals surface area (Å²) in [5.41, 5.74) is 5.45. The lowest BCUT2D eigenvalue weighted by Gasteiger charge is -2.28. The van der Waals surface area contributed by atoms with Crippen molar-refractivity contribution < 1.29 is 0 Å². The Kier molecular flexibility index (Phi) is 4.21. The maximum absolute atomic E-state index is 3.76. The second-order valence-electron chi connectivity index (χ2n) is 7.51. The first kappa shape index (κ1) is 18.8. The van der Waals surface area contributed by atoms with Crippen LogP contribution in [0.3, 0.4) is 0 Å². The molecule has 0 saturated carbocycles. The van der Waals surface area contributed by atoms with Crippen LogP contribution in [0.2, 0.25) is 0 Å². The molecule has 29 heavy (non-hydrogen) atoms. The molecule has 1 spiro atoms. The minimum Gasteiger partial charge on any atom is -0.0533 e. The van der Waals surface area contributed by atoms with E-state index >= 15 is 0 Å². The Morgan fingerprint density at radius 3 is 0.862 bits per heavy atom. The molecule has 4 aromatic rings. The minimum atomic E-state index is -2.40. The van der Waals surface area contributed by atoms with Crippen molar-refractivity contribution in [3.05, 3.63) is 90.7 Å². The summed E-state index contributed by atoms with van der Waals surface area (Å²) in [5, 5.41) is 5.87. The Bertz CT molecular complexity index is 1150. The van der Waals surface area contributed by atoms with Crippen LogP contribution in [0.5, 0.6) is 0 Å². The van der Waals surface area contributed by atoms with Crippen molar-refractivity contribution in [2.45, 2.75) is 0 Å². The molecular formula is C24H12Br4Si. The molecule has 140 valence electrons. The molecule has 6 rings (SSSR count). The minimum absolute atomic E-state index is 1.13. The third-order valence-corrected chi connectivity index (χ3v) is 13.0. The van der Waals surface area contributed by atoms with Crippen LogP contribution in [0.4, 0.5) is 0 Å². The lowest BCUT2D eigenvalue weighted by atomic mass is 10.1. The van der Waals surface area contributed by atoms with Crippen LogP contribution in [0.15, 0.2) is 90.7 Å². The molecule has 0 aromatic heterocycles. The zero-order chi connectivity index (χ0) is 19.9. The van der Waals surface area contributed by atoms with Crippen molar-refractivity contribution in [3.8, 4) is 22.3 Å². The highest BCUT2D eigenvalue weighted by atomic mass is 79.9. The summed E-state index contributed by atoms with van der Waals surface area (Å²) >= 11 is 15.0. The van der Waals surface area contributed by atoms with Crippen molar-refractivity contribution in [2.75, 3.05) is 0 Å². The van der Waals surface area contributed by atoms with Crippen molar-refractivity contribution in [1.82, 2.24) is 0 Å². The van der Waals surface area contributed by atoms with Crippen LogP contribution in [0.1, 0.15) is 0 Å². The van der Waals surface area contributed by atoms with E-state index in [4.69, 9.17) is 0 Å². The van der Waals surface area contributed by atoms with Gasteiger partial charge in [-0.1, -0.05) is 88.0 Å². The molecule has 0 radical (unpaired) electrons. The molecule has 0 amide bonds. The average Bonchev–Trinajstić information content (AvgIpc) is 3.13. The van der Waals surface area contributed by atoms with E-state index in [2.05, 4.69) is 137 Å². The van der Waals surface area contributed by atoms with Gasteiger partial charge in [0.05, 0.1) is 0 Å². The standard InChI is InChI=1S/C24H12Br4Si/c25-13-1-5-17-18-6-2-14(26)10-22(18)29(21(17)9-13)23-11-15(27)3-7-19(23)20-8-4-16(28)12-24(20)29/h1-12H. The molecule has 2 aliphatic heterocycles. The Labute approximate surface area is 203 Å². The van der Waals surface area contributed by atoms with Gasteiger partial charge in [-0.25, -0.2) is 0 Å². The Balaban J connectivity index is 1.88. The Morgan fingerprint density at radius 2 is 0.621 bits per heavy atom. The smallest absolute Gasteiger partial charge is 0.0533 e. The van der Waals surface area contributed by atoms with Gasteiger partial charge in [0.2, 0.25) is 0 Å². The first-order valence-electron chi connectivity index (χ1n) is 9.21. The number of fused-ring (bicyclic) bond motifs is 10. The van der Waals surface area contributed by atoms with Crippen LogP contribution < -0.4 is 20.7 Å². The SMILES string of the molecule is Brc1ccc2c(c1)[Si]1(c3cc(Br)ccc3-2)c2cc(Br)ccc2-c2ccc(Br)cc21. The molecule has 0 atom stereocenters. The average molecular weight is 648 g/mol. The molecular weight excluding hydrogens is 636 g/mol. The quantitative estimate of drug-likeness (QED) is 0.176. The molecule has 0 fully saturated rings. The summed E-state index contributed by atoms with van der Waals surface area (Å²) in [7, 11) is -2.40. The molecule has 0 bridgehead atoms. The van der Waals surface area contributed by atoms with Gasteiger partial charge in [-0.05, 0) is 91.5 Å². The van der Waals surface area contributed by atoms with Crippen LogP contribution in [-0.2, 0) is 0 Å². The molecule has 5 heteroatoms. The van der Waals surface area contributed by atoms with Crippen LogP contribution in [-0.4, -0.2) is 8.07 Å². The van der Waals surface area contributed by atoms with E-state index in [9.17, 15) is 0 Å². The van der Waals surface area contributed by atoms with Crippen LogP contribution in [0.25, 0.3) is 22.3 Å². The third-order valence-electron chi connectivity index (χ3n) is 6.12. The van der Waals surface area contributed by atoms with E-state index in [1.807, 2.05) is 0 Å². The van der Waals surface area contributed by atoms with E-state index in [1.54, 1.807) is 0 Å². The molecule has 0 aliphatic carbocycles. The van der Waals surface area contributed by atoms with Crippen molar-refractivity contribution in [1.29, 1.82) is 0 Å². The van der Waals surface area contributed by atoms with E-state index in [1.165, 1.54) is 43.0 Å². The number of rotatable bonds is 0. The lowest BCUT2D eigenvalue weighted by Crippen LogP contribution is -2.70. The highest BCUT2D eigenvalue weighted by molar-refractivity contribution is 9.11. The second-order valence-corrected chi connectivity index (χ2v) is 14.8. The summed E-state index contributed by atoms with van der Waals surface area (Å²) in [6.07, 6.45) is 0.